The van der Waals surface area contributed by atoms with Crippen molar-refractivity contribution in [2.45, 2.75) is 13.3 Å². The van der Waals surface area contributed by atoms with Crippen molar-refractivity contribution in [3.05, 3.63) is 90.4 Å². The van der Waals surface area contributed by atoms with Crippen LogP contribution in [0.2, 0.25) is 0 Å². The molecule has 0 atom stereocenters. The van der Waals surface area contributed by atoms with Crippen LogP contribution in [0, 0.1) is 20.2 Å². The van der Waals surface area contributed by atoms with Crippen LogP contribution in [0.4, 0.5) is 11.4 Å². The van der Waals surface area contributed by atoms with Gasteiger partial charge >= 0.3 is 5.69 Å². The highest BCUT2D eigenvalue weighted by atomic mass is 79.9. The van der Waals surface area contributed by atoms with Gasteiger partial charge in [-0.3, -0.25) is 25.0 Å². The lowest BCUT2D eigenvalue weighted by Gasteiger charge is -2.11. The predicted octanol–water partition coefficient (Wildman–Crippen LogP) is 5.62. The molecule has 0 unspecified atom stereocenters. The fourth-order valence-electron chi connectivity index (χ4n) is 3.02. The summed E-state index contributed by atoms with van der Waals surface area (Å²) in [6.07, 6.45) is 2.23. The molecule has 0 aliphatic heterocycles. The molecule has 13 heteroatoms. The van der Waals surface area contributed by atoms with E-state index in [2.05, 4.69) is 26.5 Å². The summed E-state index contributed by atoms with van der Waals surface area (Å²) >= 11 is 3.32. The molecule has 0 heterocycles. The lowest BCUT2D eigenvalue weighted by atomic mass is 10.2. The van der Waals surface area contributed by atoms with Crippen molar-refractivity contribution < 1.29 is 28.9 Å². The van der Waals surface area contributed by atoms with Crippen LogP contribution in [0.3, 0.4) is 0 Å². The van der Waals surface area contributed by atoms with Gasteiger partial charge in [0.05, 0.1) is 40.3 Å². The summed E-state index contributed by atoms with van der Waals surface area (Å²) < 4.78 is 16.9. The van der Waals surface area contributed by atoms with Crippen molar-refractivity contribution >= 4 is 39.4 Å². The number of methoxy groups -OCH3 is 1. The summed E-state index contributed by atoms with van der Waals surface area (Å²) in [5.74, 6) is 0.580. The molecule has 0 spiro atoms. The quantitative estimate of drug-likeness (QED) is 0.176. The average molecular weight is 573 g/mol. The molecule has 1 N–H and O–H groups in total. The molecule has 0 aromatic heterocycles. The minimum Gasteiger partial charge on any atom is -0.493 e. The first-order valence-electron chi connectivity index (χ1n) is 10.8. The van der Waals surface area contributed by atoms with E-state index in [0.717, 1.165) is 24.6 Å². The molecular weight excluding hydrogens is 552 g/mol. The Balaban J connectivity index is 1.69. The van der Waals surface area contributed by atoms with Crippen LogP contribution in [0.25, 0.3) is 0 Å². The molecule has 0 saturated heterocycles. The second-order valence-corrected chi connectivity index (χ2v) is 8.23. The standard InChI is InChI=1S/C24H21BrN4O8/c1-3-10-36-22-8-5-16(12-23(22)35-2)24(30)27-26-14-15-4-7-20(18(25)11-15)37-21-9-6-17(28(31)32)13-19(21)29(33)34/h4-9,11-14H,3,10H2,1-2H3,(H,27,30)/b26-14+. The van der Waals surface area contributed by atoms with E-state index in [9.17, 15) is 25.0 Å². The number of hydrogen-bond donors (Lipinski definition) is 1. The lowest BCUT2D eigenvalue weighted by Crippen LogP contribution is -2.17. The zero-order valence-corrected chi connectivity index (χ0v) is 21.3. The number of halogens is 1. The maximum absolute atomic E-state index is 12.5. The van der Waals surface area contributed by atoms with Crippen molar-refractivity contribution in [3.63, 3.8) is 0 Å². The molecule has 3 rings (SSSR count). The molecule has 0 saturated carbocycles. The van der Waals surface area contributed by atoms with Gasteiger partial charge in [-0.2, -0.15) is 5.10 Å². The monoisotopic (exact) mass is 572 g/mol. The van der Waals surface area contributed by atoms with Gasteiger partial charge in [0.25, 0.3) is 11.6 Å². The van der Waals surface area contributed by atoms with Gasteiger partial charge in [0, 0.05) is 11.6 Å². The fourth-order valence-corrected chi connectivity index (χ4v) is 3.49. The third-order valence-electron chi connectivity index (χ3n) is 4.79. The minimum absolute atomic E-state index is 0.161. The Morgan fingerprint density at radius 2 is 1.73 bits per heavy atom. The highest BCUT2D eigenvalue weighted by Crippen LogP contribution is 2.37. The normalized spacial score (nSPS) is 10.7. The van der Waals surface area contributed by atoms with Crippen LogP contribution in [-0.4, -0.2) is 35.7 Å². The molecule has 12 nitrogen and oxygen atoms in total. The predicted molar refractivity (Wildman–Crippen MR) is 138 cm³/mol. The molecule has 192 valence electrons. The SMILES string of the molecule is CCCOc1ccc(C(=O)N/N=C/c2ccc(Oc3ccc([N+](=O)[O-])cc3[N+](=O)[O-])c(Br)c2)cc1OC. The van der Waals surface area contributed by atoms with Gasteiger partial charge in [-0.15, -0.1) is 0 Å². The van der Waals surface area contributed by atoms with E-state index in [1.54, 1.807) is 30.3 Å². The zero-order valence-electron chi connectivity index (χ0n) is 19.7. The van der Waals surface area contributed by atoms with Gasteiger partial charge in [0.2, 0.25) is 5.75 Å². The minimum atomic E-state index is -0.763. The van der Waals surface area contributed by atoms with Crippen LogP contribution in [0.5, 0.6) is 23.0 Å². The van der Waals surface area contributed by atoms with E-state index < -0.39 is 27.1 Å². The zero-order chi connectivity index (χ0) is 26.9. The van der Waals surface area contributed by atoms with E-state index in [1.165, 1.54) is 19.4 Å². The number of carbonyl (C=O) groups is 1. The van der Waals surface area contributed by atoms with E-state index >= 15 is 0 Å². The van der Waals surface area contributed by atoms with Crippen LogP contribution < -0.4 is 19.6 Å². The number of nitrogens with zero attached hydrogens (tertiary/aromatic N) is 3. The largest absolute Gasteiger partial charge is 0.493 e. The Hall–Kier alpha value is -4.52. The number of hydrogen-bond acceptors (Lipinski definition) is 9. The number of nitro benzene ring substituents is 2. The topological polar surface area (TPSA) is 155 Å². The molecule has 3 aromatic carbocycles. The van der Waals surface area contributed by atoms with Crippen LogP contribution in [0.1, 0.15) is 29.3 Å². The molecule has 0 radical (unpaired) electrons. The van der Waals surface area contributed by atoms with Crippen molar-refractivity contribution in [1.29, 1.82) is 0 Å². The van der Waals surface area contributed by atoms with Gasteiger partial charge in [-0.25, -0.2) is 5.43 Å². The number of ether oxygens (including phenoxy) is 3. The number of carbonyl (C=O) groups excluding carboxylic acids is 1. The first-order valence-corrected chi connectivity index (χ1v) is 11.6. The van der Waals surface area contributed by atoms with Crippen molar-refractivity contribution in [3.8, 4) is 23.0 Å². The Labute approximate surface area is 219 Å². The van der Waals surface area contributed by atoms with Gasteiger partial charge in [0.1, 0.15) is 5.75 Å². The molecule has 3 aromatic rings. The van der Waals surface area contributed by atoms with Crippen molar-refractivity contribution in [1.82, 2.24) is 5.43 Å². The average Bonchev–Trinajstić information content (AvgIpc) is 2.88. The van der Waals surface area contributed by atoms with Gasteiger partial charge in [0.15, 0.2) is 11.5 Å². The van der Waals surface area contributed by atoms with Crippen LogP contribution in [0.15, 0.2) is 64.2 Å². The Bertz CT molecular complexity index is 1360. The van der Waals surface area contributed by atoms with E-state index in [4.69, 9.17) is 14.2 Å². The second-order valence-electron chi connectivity index (χ2n) is 7.37. The summed E-state index contributed by atoms with van der Waals surface area (Å²) in [5.41, 5.74) is 2.37. The molecule has 0 aliphatic carbocycles. The number of nitrogens with one attached hydrogen (secondary N) is 1. The van der Waals surface area contributed by atoms with E-state index in [1.807, 2.05) is 6.92 Å². The van der Waals surface area contributed by atoms with Crippen LogP contribution >= 0.6 is 15.9 Å². The number of rotatable bonds is 11. The van der Waals surface area contributed by atoms with Crippen molar-refractivity contribution in [2.75, 3.05) is 13.7 Å². The molecule has 0 aliphatic rings. The third kappa shape index (κ3) is 7.01. The van der Waals surface area contributed by atoms with Gasteiger partial charge in [-0.05, 0) is 70.4 Å². The summed E-state index contributed by atoms with van der Waals surface area (Å²) in [5, 5.41) is 26.2. The third-order valence-corrected chi connectivity index (χ3v) is 5.41. The Morgan fingerprint density at radius 1 is 1.00 bits per heavy atom. The Morgan fingerprint density at radius 3 is 2.38 bits per heavy atom. The van der Waals surface area contributed by atoms with Gasteiger partial charge < -0.3 is 14.2 Å². The van der Waals surface area contributed by atoms with Crippen LogP contribution in [-0.2, 0) is 0 Å². The van der Waals surface area contributed by atoms with E-state index in [0.29, 0.717) is 33.7 Å². The highest BCUT2D eigenvalue weighted by molar-refractivity contribution is 9.10. The summed E-state index contributed by atoms with van der Waals surface area (Å²) in [6.45, 7) is 2.51. The highest BCUT2D eigenvalue weighted by Gasteiger charge is 2.22. The first-order chi connectivity index (χ1) is 17.7. The Kier molecular flexibility index (Phi) is 9.11. The van der Waals surface area contributed by atoms with Gasteiger partial charge in [-0.1, -0.05) is 6.92 Å². The summed E-state index contributed by atoms with van der Waals surface area (Å²) in [4.78, 5) is 33.2. The lowest BCUT2D eigenvalue weighted by molar-refractivity contribution is -0.394. The molecule has 1 amide bonds. The summed E-state index contributed by atoms with van der Waals surface area (Å²) in [7, 11) is 1.49. The molecule has 37 heavy (non-hydrogen) atoms. The maximum Gasteiger partial charge on any atom is 0.318 e. The number of nitro groups is 2. The number of benzene rings is 3. The van der Waals surface area contributed by atoms with Crippen molar-refractivity contribution in [2.24, 2.45) is 5.10 Å². The molecule has 0 bridgehead atoms. The molecule has 0 fully saturated rings. The molecular formula is C24H21BrN4O8. The number of non-ortho nitro benzene ring substituents is 1. The first kappa shape index (κ1) is 27.1. The smallest absolute Gasteiger partial charge is 0.318 e. The maximum atomic E-state index is 12.5. The fraction of sp³-hybridized carbons (Fsp3) is 0.167. The number of amides is 1. The summed E-state index contributed by atoms with van der Waals surface area (Å²) in [6, 6.07) is 12.6. The second kappa shape index (κ2) is 12.4. The van der Waals surface area contributed by atoms with E-state index in [-0.39, 0.29) is 11.5 Å². The number of hydrazone groups is 1.